The van der Waals surface area contributed by atoms with Crippen molar-refractivity contribution in [3.8, 4) is 62.1 Å². The minimum atomic E-state index is 0.597. The first kappa shape index (κ1) is 35.6. The van der Waals surface area contributed by atoms with E-state index in [-0.39, 0.29) is 0 Å². The number of thiophene rings is 1. The van der Waals surface area contributed by atoms with Crippen molar-refractivity contribution in [2.75, 3.05) is 0 Å². The molecule has 4 aromatic heterocycles. The predicted molar refractivity (Wildman–Crippen MR) is 262 cm³/mol. The van der Waals surface area contributed by atoms with Gasteiger partial charge in [-0.1, -0.05) is 140 Å². The van der Waals surface area contributed by atoms with E-state index in [1.54, 1.807) is 0 Å². The SMILES string of the molecule is c1ccc(-c2ccc(-n3c4ccccc4c4cc(-c5cccc6c5sc5ccc(-c7nc(-c8ccccc8)nc(-c8ccc9c(c8)oc8ccccc89)n7)cc56)ccc43)cc2)cc1. The normalized spacial score (nSPS) is 11.8. The van der Waals surface area contributed by atoms with Crippen molar-refractivity contribution in [2.24, 2.45) is 0 Å². The zero-order valence-corrected chi connectivity index (χ0v) is 34.6. The van der Waals surface area contributed by atoms with Gasteiger partial charge in [0.15, 0.2) is 17.5 Å². The van der Waals surface area contributed by atoms with Crippen LogP contribution in [0.1, 0.15) is 0 Å². The highest BCUT2D eigenvalue weighted by Crippen LogP contribution is 2.43. The average Bonchev–Trinajstić information content (AvgIpc) is 4.03. The highest BCUT2D eigenvalue weighted by Gasteiger charge is 2.19. The molecule has 0 aliphatic rings. The Morgan fingerprint density at radius 3 is 1.73 bits per heavy atom. The molecule has 0 aliphatic heterocycles. The first-order chi connectivity index (χ1) is 31.2. The van der Waals surface area contributed by atoms with Gasteiger partial charge in [-0.3, -0.25) is 0 Å². The molecule has 63 heavy (non-hydrogen) atoms. The summed E-state index contributed by atoms with van der Waals surface area (Å²) in [6, 6.07) is 72.9. The molecule has 9 aromatic carbocycles. The molecule has 0 saturated heterocycles. The summed E-state index contributed by atoms with van der Waals surface area (Å²) in [5.41, 5.74) is 12.8. The molecule has 13 rings (SSSR count). The number of hydrogen-bond acceptors (Lipinski definition) is 5. The predicted octanol–water partition coefficient (Wildman–Crippen LogP) is 15.6. The molecule has 6 heteroatoms. The van der Waals surface area contributed by atoms with Crippen LogP contribution in [0.3, 0.4) is 0 Å². The molecule has 294 valence electrons. The Balaban J connectivity index is 0.916. The zero-order valence-electron chi connectivity index (χ0n) is 33.7. The molecule has 4 heterocycles. The second-order valence-electron chi connectivity index (χ2n) is 16.0. The summed E-state index contributed by atoms with van der Waals surface area (Å²) >= 11 is 1.83. The van der Waals surface area contributed by atoms with Gasteiger partial charge in [0.25, 0.3) is 0 Å². The number of para-hydroxylation sites is 2. The lowest BCUT2D eigenvalue weighted by atomic mass is 10.00. The fourth-order valence-corrected chi connectivity index (χ4v) is 10.5. The highest BCUT2D eigenvalue weighted by atomic mass is 32.1. The molecular weight excluding hydrogens is 789 g/mol. The molecular formula is C57H34N4OS. The monoisotopic (exact) mass is 822 g/mol. The van der Waals surface area contributed by atoms with Gasteiger partial charge in [0, 0.05) is 64.1 Å². The van der Waals surface area contributed by atoms with Crippen LogP contribution in [0.2, 0.25) is 0 Å². The zero-order chi connectivity index (χ0) is 41.4. The Hall–Kier alpha value is -8.19. The van der Waals surface area contributed by atoms with Crippen LogP contribution in [0, 0.1) is 0 Å². The Bertz CT molecular complexity index is 3900. The van der Waals surface area contributed by atoms with Gasteiger partial charge in [-0.2, -0.15) is 0 Å². The van der Waals surface area contributed by atoms with E-state index in [0.29, 0.717) is 17.5 Å². The van der Waals surface area contributed by atoms with E-state index < -0.39 is 0 Å². The van der Waals surface area contributed by atoms with Crippen molar-refractivity contribution in [1.29, 1.82) is 0 Å². The number of rotatable bonds is 6. The van der Waals surface area contributed by atoms with Gasteiger partial charge in [-0.05, 0) is 89.0 Å². The lowest BCUT2D eigenvalue weighted by Crippen LogP contribution is -2.00. The van der Waals surface area contributed by atoms with E-state index in [2.05, 4.69) is 156 Å². The molecule has 0 spiro atoms. The van der Waals surface area contributed by atoms with Crippen molar-refractivity contribution in [3.63, 3.8) is 0 Å². The van der Waals surface area contributed by atoms with E-state index in [1.807, 2.05) is 65.9 Å². The summed E-state index contributed by atoms with van der Waals surface area (Å²) < 4.78 is 11.1. The third kappa shape index (κ3) is 5.87. The fourth-order valence-electron chi connectivity index (χ4n) is 9.23. The van der Waals surface area contributed by atoms with Gasteiger partial charge in [0.2, 0.25) is 0 Å². The second-order valence-corrected chi connectivity index (χ2v) is 17.0. The molecule has 0 unspecified atom stereocenters. The Morgan fingerprint density at radius 1 is 0.349 bits per heavy atom. The molecule has 0 saturated carbocycles. The first-order valence-electron chi connectivity index (χ1n) is 21.1. The molecule has 0 radical (unpaired) electrons. The molecule has 0 fully saturated rings. The summed E-state index contributed by atoms with van der Waals surface area (Å²) in [6.45, 7) is 0. The largest absolute Gasteiger partial charge is 0.456 e. The van der Waals surface area contributed by atoms with E-state index in [4.69, 9.17) is 19.4 Å². The smallest absolute Gasteiger partial charge is 0.164 e. The maximum absolute atomic E-state index is 6.27. The van der Waals surface area contributed by atoms with Crippen molar-refractivity contribution >= 4 is 75.3 Å². The van der Waals surface area contributed by atoms with Crippen LogP contribution in [0.15, 0.2) is 211 Å². The molecule has 0 N–H and O–H groups in total. The number of hydrogen-bond donors (Lipinski definition) is 0. The van der Waals surface area contributed by atoms with Crippen molar-refractivity contribution < 1.29 is 4.42 Å². The summed E-state index contributed by atoms with van der Waals surface area (Å²) in [7, 11) is 0. The van der Waals surface area contributed by atoms with Crippen LogP contribution in [-0.2, 0) is 0 Å². The van der Waals surface area contributed by atoms with E-state index >= 15 is 0 Å². The summed E-state index contributed by atoms with van der Waals surface area (Å²) in [5, 5.41) is 7.02. The minimum absolute atomic E-state index is 0.597. The van der Waals surface area contributed by atoms with Gasteiger partial charge in [0.05, 0.1) is 11.0 Å². The van der Waals surface area contributed by atoms with Gasteiger partial charge in [0.1, 0.15) is 11.2 Å². The highest BCUT2D eigenvalue weighted by molar-refractivity contribution is 7.26. The van der Waals surface area contributed by atoms with E-state index in [1.165, 1.54) is 64.2 Å². The Kier molecular flexibility index (Phi) is 8.01. The summed E-state index contributed by atoms with van der Waals surface area (Å²) in [6.07, 6.45) is 0. The summed E-state index contributed by atoms with van der Waals surface area (Å²) in [4.78, 5) is 15.2. The van der Waals surface area contributed by atoms with Crippen LogP contribution in [-0.4, -0.2) is 19.5 Å². The summed E-state index contributed by atoms with van der Waals surface area (Å²) in [5.74, 6) is 1.84. The fraction of sp³-hybridized carbons (Fsp3) is 0. The third-order valence-corrected chi connectivity index (χ3v) is 13.5. The number of fused-ring (bicyclic) bond motifs is 9. The lowest BCUT2D eigenvalue weighted by Gasteiger charge is -2.10. The third-order valence-electron chi connectivity index (χ3n) is 12.3. The van der Waals surface area contributed by atoms with E-state index in [0.717, 1.165) is 44.3 Å². The Morgan fingerprint density at radius 2 is 0.921 bits per heavy atom. The Labute approximate surface area is 365 Å². The quantitative estimate of drug-likeness (QED) is 0.168. The maximum Gasteiger partial charge on any atom is 0.164 e. The maximum atomic E-state index is 6.27. The number of nitrogens with zero attached hydrogens (tertiary/aromatic N) is 4. The second kappa shape index (κ2) is 14.2. The topological polar surface area (TPSA) is 56.7 Å². The van der Waals surface area contributed by atoms with Crippen LogP contribution in [0.25, 0.3) is 126 Å². The average molecular weight is 823 g/mol. The lowest BCUT2D eigenvalue weighted by molar-refractivity contribution is 0.669. The number of benzene rings is 9. The van der Waals surface area contributed by atoms with Gasteiger partial charge in [-0.25, -0.2) is 15.0 Å². The van der Waals surface area contributed by atoms with Crippen molar-refractivity contribution in [1.82, 2.24) is 19.5 Å². The molecule has 0 aliphatic carbocycles. The van der Waals surface area contributed by atoms with Crippen LogP contribution in [0.5, 0.6) is 0 Å². The molecule has 0 atom stereocenters. The molecule has 13 aromatic rings. The van der Waals surface area contributed by atoms with Gasteiger partial charge >= 0.3 is 0 Å². The standard InChI is InChI=1S/C57H34N4OS/c1-3-12-35(13-4-1)36-22-27-41(28-23-36)61-49-20-9-7-16-43(49)47-32-38(25-30-50(47)61)42-18-11-19-46-48-33-39(26-31-53(48)63-54(42)46)56-58-55(37-14-5-2-6-15-37)59-57(60-56)40-24-29-45-44-17-8-10-21-51(44)62-52(45)34-40/h1-34H. The molecule has 5 nitrogen and oxygen atoms in total. The van der Waals surface area contributed by atoms with Crippen LogP contribution in [0.4, 0.5) is 0 Å². The van der Waals surface area contributed by atoms with Crippen LogP contribution < -0.4 is 0 Å². The molecule has 0 bridgehead atoms. The van der Waals surface area contributed by atoms with Crippen LogP contribution >= 0.6 is 11.3 Å². The van der Waals surface area contributed by atoms with Crippen molar-refractivity contribution in [3.05, 3.63) is 206 Å². The van der Waals surface area contributed by atoms with Crippen molar-refractivity contribution in [2.45, 2.75) is 0 Å². The van der Waals surface area contributed by atoms with Gasteiger partial charge < -0.3 is 8.98 Å². The first-order valence-corrected chi connectivity index (χ1v) is 21.9. The molecule has 0 amide bonds. The number of furan rings is 1. The minimum Gasteiger partial charge on any atom is -0.456 e. The number of aromatic nitrogens is 4. The van der Waals surface area contributed by atoms with E-state index in [9.17, 15) is 0 Å². The van der Waals surface area contributed by atoms with Gasteiger partial charge in [-0.15, -0.1) is 11.3 Å².